The van der Waals surface area contributed by atoms with E-state index in [1.54, 1.807) is 7.55 Å². The molecule has 0 fully saturated rings. The summed E-state index contributed by atoms with van der Waals surface area (Å²) in [6, 6.07) is 0. The average Bonchev–Trinajstić information content (AvgIpc) is 2.30. The second-order valence-electron chi connectivity index (χ2n) is 1.44. The second kappa shape index (κ2) is 4.36. The molecule has 0 bridgehead atoms. The van der Waals surface area contributed by atoms with Gasteiger partial charge in [0, 0.05) is 0 Å². The van der Waals surface area contributed by atoms with Crippen molar-refractivity contribution in [2.75, 3.05) is 0 Å². The molecular weight excluding hydrogens is 314 g/mol. The molecule has 0 spiro atoms. The maximum atomic E-state index is 5.11. The van der Waals surface area contributed by atoms with Gasteiger partial charge in [0.1, 0.15) is 0 Å². The third-order valence-electron chi connectivity index (χ3n) is 0.890. The zero-order valence-electron chi connectivity index (χ0n) is 5.54. The van der Waals surface area contributed by atoms with Crippen molar-refractivity contribution in [2.24, 2.45) is 0 Å². The Bertz CT molecular complexity index is 238. The molecule has 0 saturated heterocycles. The van der Waals surface area contributed by atoms with Crippen molar-refractivity contribution in [3.05, 3.63) is 3.14 Å². The SMILES string of the molecule is C[Se]c1sc(=S)sc1[Se]C. The molecule has 0 amide bonds. The first-order chi connectivity index (χ1) is 4.77. The molecule has 0 aliphatic carbocycles. The van der Waals surface area contributed by atoms with Gasteiger partial charge < -0.3 is 0 Å². The van der Waals surface area contributed by atoms with E-state index in [0.29, 0.717) is 29.9 Å². The molecule has 0 aromatic carbocycles. The van der Waals surface area contributed by atoms with E-state index in [4.69, 9.17) is 12.2 Å². The van der Waals surface area contributed by atoms with Crippen LogP contribution in [0.5, 0.6) is 0 Å². The summed E-state index contributed by atoms with van der Waals surface area (Å²) in [6.07, 6.45) is 0. The molecule has 1 aromatic heterocycles. The molecule has 5 heteroatoms. The summed E-state index contributed by atoms with van der Waals surface area (Å²) in [7, 11) is 0. The standard InChI is InChI=1S/C5H6S3Se2/c1-9-3-4(10-2)8-5(6)7-3/h1-2H3. The van der Waals surface area contributed by atoms with Crippen LogP contribution >= 0.6 is 34.9 Å². The maximum absolute atomic E-state index is 5.11. The van der Waals surface area contributed by atoms with Crippen LogP contribution < -0.4 is 7.55 Å². The van der Waals surface area contributed by atoms with Crippen molar-refractivity contribution in [1.29, 1.82) is 0 Å². The van der Waals surface area contributed by atoms with E-state index >= 15 is 0 Å². The van der Waals surface area contributed by atoms with Crippen molar-refractivity contribution < 1.29 is 0 Å². The van der Waals surface area contributed by atoms with E-state index in [9.17, 15) is 0 Å². The van der Waals surface area contributed by atoms with Crippen LogP contribution in [0.2, 0.25) is 11.6 Å². The van der Waals surface area contributed by atoms with Crippen LogP contribution in [0.15, 0.2) is 0 Å². The fraction of sp³-hybridized carbons (Fsp3) is 0.400. The molecular formula is C5H6S3Se2. The van der Waals surface area contributed by atoms with Gasteiger partial charge in [-0.2, -0.15) is 0 Å². The molecule has 0 aliphatic heterocycles. The number of hydrogen-bond donors (Lipinski definition) is 0. The van der Waals surface area contributed by atoms with Crippen LogP contribution in [-0.2, 0) is 0 Å². The average molecular weight is 320 g/mol. The van der Waals surface area contributed by atoms with Gasteiger partial charge in [-0.15, -0.1) is 0 Å². The zero-order chi connectivity index (χ0) is 7.56. The Kier molecular flexibility index (Phi) is 4.10. The Balaban J connectivity index is 3.08. The normalized spacial score (nSPS) is 10.2. The van der Waals surface area contributed by atoms with Gasteiger partial charge in [-0.05, 0) is 0 Å². The monoisotopic (exact) mass is 322 g/mol. The van der Waals surface area contributed by atoms with Gasteiger partial charge in [-0.25, -0.2) is 0 Å². The van der Waals surface area contributed by atoms with E-state index in [2.05, 4.69) is 11.6 Å². The Labute approximate surface area is 86.4 Å². The van der Waals surface area contributed by atoms with Gasteiger partial charge in [0.2, 0.25) is 0 Å². The minimum atomic E-state index is 0.658. The van der Waals surface area contributed by atoms with E-state index in [0.717, 1.165) is 3.14 Å². The first kappa shape index (κ1) is 9.40. The summed E-state index contributed by atoms with van der Waals surface area (Å²) < 4.78 is 4.26. The topological polar surface area (TPSA) is 0 Å². The molecule has 1 heterocycles. The third-order valence-corrected chi connectivity index (χ3v) is 9.56. The molecule has 1 aromatic rings. The van der Waals surface area contributed by atoms with E-state index in [1.165, 1.54) is 0 Å². The summed E-state index contributed by atoms with van der Waals surface area (Å²) in [5.41, 5.74) is 0. The predicted molar refractivity (Wildman–Crippen MR) is 55.5 cm³/mol. The van der Waals surface area contributed by atoms with E-state index < -0.39 is 0 Å². The summed E-state index contributed by atoms with van der Waals surface area (Å²) in [5.74, 6) is 4.52. The van der Waals surface area contributed by atoms with Crippen molar-refractivity contribution in [2.45, 2.75) is 11.6 Å². The first-order valence-corrected chi connectivity index (χ1v) is 9.68. The minimum absolute atomic E-state index is 0.658. The van der Waals surface area contributed by atoms with Crippen LogP contribution in [0.4, 0.5) is 0 Å². The Morgan fingerprint density at radius 1 is 1.10 bits per heavy atom. The Morgan fingerprint density at radius 2 is 1.50 bits per heavy atom. The van der Waals surface area contributed by atoms with Gasteiger partial charge >= 0.3 is 87.1 Å². The number of hydrogen-bond acceptors (Lipinski definition) is 3. The van der Waals surface area contributed by atoms with Crippen LogP contribution in [0.25, 0.3) is 0 Å². The first-order valence-electron chi connectivity index (χ1n) is 2.50. The molecule has 0 radical (unpaired) electrons. The molecule has 0 N–H and O–H groups in total. The van der Waals surface area contributed by atoms with Crippen molar-refractivity contribution >= 4 is 72.4 Å². The van der Waals surface area contributed by atoms with Gasteiger partial charge in [-0.3, -0.25) is 0 Å². The zero-order valence-corrected chi connectivity index (χ0v) is 11.4. The van der Waals surface area contributed by atoms with Crippen LogP contribution in [0.3, 0.4) is 0 Å². The van der Waals surface area contributed by atoms with Gasteiger partial charge in [-0.1, -0.05) is 0 Å². The third kappa shape index (κ3) is 2.15. The Morgan fingerprint density at radius 3 is 1.80 bits per heavy atom. The summed E-state index contributed by atoms with van der Waals surface area (Å²) in [4.78, 5) is 0. The molecule has 0 nitrogen and oxygen atoms in total. The molecule has 1 rings (SSSR count). The molecule has 0 saturated carbocycles. The van der Waals surface area contributed by atoms with Crippen molar-refractivity contribution in [3.8, 4) is 0 Å². The van der Waals surface area contributed by atoms with Gasteiger partial charge in [0.25, 0.3) is 0 Å². The molecule has 0 atom stereocenters. The van der Waals surface area contributed by atoms with Crippen molar-refractivity contribution in [3.63, 3.8) is 0 Å². The Hall–Kier alpha value is 1.31. The molecule has 0 aliphatic rings. The fourth-order valence-corrected chi connectivity index (χ4v) is 9.99. The molecule has 56 valence electrons. The van der Waals surface area contributed by atoms with Gasteiger partial charge in [0.15, 0.2) is 0 Å². The fourth-order valence-electron chi connectivity index (χ4n) is 0.506. The summed E-state index contributed by atoms with van der Waals surface area (Å²) in [6.45, 7) is 0. The summed E-state index contributed by atoms with van der Waals surface area (Å²) >= 11 is 10.1. The van der Waals surface area contributed by atoms with Crippen LogP contribution in [0, 0.1) is 3.14 Å². The van der Waals surface area contributed by atoms with Crippen LogP contribution in [0.1, 0.15) is 0 Å². The molecule has 0 unspecified atom stereocenters. The number of rotatable bonds is 2. The van der Waals surface area contributed by atoms with Crippen molar-refractivity contribution in [1.82, 2.24) is 0 Å². The quantitative estimate of drug-likeness (QED) is 0.585. The summed E-state index contributed by atoms with van der Waals surface area (Å²) in [5, 5.41) is 0. The predicted octanol–water partition coefficient (Wildman–Crippen LogP) is 1.29. The van der Waals surface area contributed by atoms with Gasteiger partial charge in [0.05, 0.1) is 0 Å². The second-order valence-corrected chi connectivity index (χ2v) is 9.25. The molecule has 10 heavy (non-hydrogen) atoms. The van der Waals surface area contributed by atoms with E-state index in [1.807, 2.05) is 22.7 Å². The van der Waals surface area contributed by atoms with Crippen LogP contribution in [-0.4, -0.2) is 29.9 Å². The van der Waals surface area contributed by atoms with E-state index in [-0.39, 0.29) is 0 Å².